The Morgan fingerprint density at radius 2 is 2.04 bits per heavy atom. The van der Waals surface area contributed by atoms with Crippen LogP contribution in [0.3, 0.4) is 0 Å². The smallest absolute Gasteiger partial charge is 0.238 e. The number of benzene rings is 1. The van der Waals surface area contributed by atoms with Crippen LogP contribution in [-0.4, -0.2) is 35.4 Å². The van der Waals surface area contributed by atoms with E-state index in [-0.39, 0.29) is 5.91 Å². The van der Waals surface area contributed by atoms with E-state index in [0.717, 1.165) is 38.0 Å². The van der Waals surface area contributed by atoms with Crippen molar-refractivity contribution < 1.29 is 4.79 Å². The van der Waals surface area contributed by atoms with Gasteiger partial charge in [0.05, 0.1) is 6.54 Å². The number of anilines is 1. The van der Waals surface area contributed by atoms with Gasteiger partial charge in [-0.15, -0.1) is 0 Å². The topological polar surface area (TPSA) is 45.2 Å². The molecule has 2 heterocycles. The maximum absolute atomic E-state index is 12.4. The number of aromatic nitrogens is 1. The van der Waals surface area contributed by atoms with Crippen LogP contribution in [0, 0.1) is 6.92 Å². The van der Waals surface area contributed by atoms with E-state index in [0.29, 0.717) is 12.5 Å². The van der Waals surface area contributed by atoms with Gasteiger partial charge in [0, 0.05) is 23.5 Å². The summed E-state index contributed by atoms with van der Waals surface area (Å²) < 4.78 is 0. The van der Waals surface area contributed by atoms with Crippen molar-refractivity contribution in [2.24, 2.45) is 0 Å². The predicted molar refractivity (Wildman–Crippen MR) is 102 cm³/mol. The molecule has 1 aromatic carbocycles. The summed E-state index contributed by atoms with van der Waals surface area (Å²) in [5.41, 5.74) is 4.55. The highest BCUT2D eigenvalue weighted by atomic mass is 16.2. The summed E-state index contributed by atoms with van der Waals surface area (Å²) in [5.74, 6) is 0.596. The first-order chi connectivity index (χ1) is 12.2. The number of aryl methyl sites for hydroxylation is 2. The van der Waals surface area contributed by atoms with Gasteiger partial charge < -0.3 is 5.32 Å². The number of nitrogens with one attached hydrogen (secondary N) is 1. The molecule has 1 aliphatic heterocycles. The van der Waals surface area contributed by atoms with Gasteiger partial charge in [-0.1, -0.05) is 30.7 Å². The minimum absolute atomic E-state index is 0.0786. The van der Waals surface area contributed by atoms with Gasteiger partial charge in [0.2, 0.25) is 5.91 Å². The number of carbonyl (C=O) groups is 1. The summed E-state index contributed by atoms with van der Waals surface area (Å²) in [6.07, 6.45) is 4.92. The molecular weight excluding hydrogens is 310 g/mol. The summed E-state index contributed by atoms with van der Waals surface area (Å²) in [5, 5.41) is 3.09. The van der Waals surface area contributed by atoms with Crippen LogP contribution in [0.5, 0.6) is 0 Å². The molecule has 132 valence electrons. The number of amides is 1. The molecule has 0 aliphatic carbocycles. The fourth-order valence-electron chi connectivity index (χ4n) is 3.53. The number of rotatable bonds is 5. The molecule has 1 saturated heterocycles. The lowest BCUT2D eigenvalue weighted by Gasteiger charge is -2.31. The van der Waals surface area contributed by atoms with Gasteiger partial charge in [0.1, 0.15) is 0 Å². The minimum Gasteiger partial charge on any atom is -0.325 e. The molecule has 25 heavy (non-hydrogen) atoms. The van der Waals surface area contributed by atoms with E-state index in [2.05, 4.69) is 47.2 Å². The van der Waals surface area contributed by atoms with E-state index < -0.39 is 0 Å². The molecule has 3 rings (SSSR count). The van der Waals surface area contributed by atoms with Crippen molar-refractivity contribution in [3.63, 3.8) is 0 Å². The molecular formula is C21H27N3O. The highest BCUT2D eigenvalue weighted by molar-refractivity contribution is 5.93. The SMILES string of the molecule is CCc1cc(C)ccc1NC(=O)CN1CCC(c2ccccn2)CC1. The lowest BCUT2D eigenvalue weighted by Crippen LogP contribution is -2.39. The Balaban J connectivity index is 1.51. The second-order valence-corrected chi connectivity index (χ2v) is 6.87. The van der Waals surface area contributed by atoms with Gasteiger partial charge in [-0.25, -0.2) is 0 Å². The predicted octanol–water partition coefficient (Wildman–Crippen LogP) is 3.77. The number of pyridine rings is 1. The average molecular weight is 337 g/mol. The van der Waals surface area contributed by atoms with E-state index in [1.54, 1.807) is 0 Å². The Labute approximate surface area is 150 Å². The van der Waals surface area contributed by atoms with Gasteiger partial charge in [0.15, 0.2) is 0 Å². The lowest BCUT2D eigenvalue weighted by molar-refractivity contribution is -0.117. The molecule has 1 aromatic heterocycles. The second-order valence-electron chi connectivity index (χ2n) is 6.87. The number of carbonyl (C=O) groups excluding carboxylic acids is 1. The Kier molecular flexibility index (Phi) is 5.82. The molecule has 1 fully saturated rings. The van der Waals surface area contributed by atoms with Crippen molar-refractivity contribution >= 4 is 11.6 Å². The maximum Gasteiger partial charge on any atom is 0.238 e. The third-order valence-corrected chi connectivity index (χ3v) is 4.98. The molecule has 0 radical (unpaired) electrons. The number of likely N-dealkylation sites (tertiary alicyclic amines) is 1. The second kappa shape index (κ2) is 8.26. The van der Waals surface area contributed by atoms with Gasteiger partial charge in [-0.05, 0) is 63.0 Å². The van der Waals surface area contributed by atoms with E-state index >= 15 is 0 Å². The van der Waals surface area contributed by atoms with E-state index in [9.17, 15) is 4.79 Å². The van der Waals surface area contributed by atoms with Gasteiger partial charge in [0.25, 0.3) is 0 Å². The number of piperidine rings is 1. The van der Waals surface area contributed by atoms with Crippen molar-refractivity contribution in [2.75, 3.05) is 25.0 Å². The normalized spacial score (nSPS) is 15.9. The van der Waals surface area contributed by atoms with Crippen molar-refractivity contribution in [1.82, 2.24) is 9.88 Å². The molecule has 4 nitrogen and oxygen atoms in total. The molecule has 1 amide bonds. The van der Waals surface area contributed by atoms with Gasteiger partial charge in [-0.2, -0.15) is 0 Å². The Morgan fingerprint density at radius 1 is 1.24 bits per heavy atom. The first kappa shape index (κ1) is 17.6. The fourth-order valence-corrected chi connectivity index (χ4v) is 3.53. The minimum atomic E-state index is 0.0786. The van der Waals surface area contributed by atoms with Crippen LogP contribution in [0.25, 0.3) is 0 Å². The van der Waals surface area contributed by atoms with E-state index in [4.69, 9.17) is 0 Å². The monoisotopic (exact) mass is 337 g/mol. The molecule has 1 aliphatic rings. The third-order valence-electron chi connectivity index (χ3n) is 4.98. The van der Waals surface area contributed by atoms with Crippen molar-refractivity contribution in [3.05, 3.63) is 59.4 Å². The maximum atomic E-state index is 12.4. The number of nitrogens with zero attached hydrogens (tertiary/aromatic N) is 2. The zero-order valence-electron chi connectivity index (χ0n) is 15.2. The summed E-state index contributed by atoms with van der Waals surface area (Å²) in [7, 11) is 0. The highest BCUT2D eigenvalue weighted by Gasteiger charge is 2.22. The van der Waals surface area contributed by atoms with Crippen LogP contribution in [0.4, 0.5) is 5.69 Å². The quantitative estimate of drug-likeness (QED) is 0.903. The van der Waals surface area contributed by atoms with Crippen LogP contribution in [0.2, 0.25) is 0 Å². The van der Waals surface area contributed by atoms with Crippen molar-refractivity contribution in [3.8, 4) is 0 Å². The summed E-state index contributed by atoms with van der Waals surface area (Å²) in [6.45, 7) is 6.56. The van der Waals surface area contributed by atoms with Gasteiger partial charge >= 0.3 is 0 Å². The van der Waals surface area contributed by atoms with Crippen LogP contribution < -0.4 is 5.32 Å². The number of hydrogen-bond acceptors (Lipinski definition) is 3. The fraction of sp³-hybridized carbons (Fsp3) is 0.429. The molecule has 0 unspecified atom stereocenters. The molecule has 0 saturated carbocycles. The average Bonchev–Trinajstić information content (AvgIpc) is 2.64. The highest BCUT2D eigenvalue weighted by Crippen LogP contribution is 2.26. The molecule has 0 atom stereocenters. The summed E-state index contributed by atoms with van der Waals surface area (Å²) >= 11 is 0. The lowest BCUT2D eigenvalue weighted by atomic mass is 9.93. The van der Waals surface area contributed by atoms with E-state index in [1.807, 2.05) is 24.4 Å². The van der Waals surface area contributed by atoms with Crippen LogP contribution in [-0.2, 0) is 11.2 Å². The molecule has 0 bridgehead atoms. The zero-order valence-corrected chi connectivity index (χ0v) is 15.2. The first-order valence-electron chi connectivity index (χ1n) is 9.18. The molecule has 1 N–H and O–H groups in total. The van der Waals surface area contributed by atoms with Crippen LogP contribution in [0.15, 0.2) is 42.6 Å². The summed E-state index contributed by atoms with van der Waals surface area (Å²) in [4.78, 5) is 19.1. The van der Waals surface area contributed by atoms with Crippen molar-refractivity contribution in [2.45, 2.75) is 39.0 Å². The standard InChI is InChI=1S/C21H27N3O/c1-3-17-14-16(2)7-8-20(17)23-21(25)15-24-12-9-18(10-13-24)19-6-4-5-11-22-19/h4-8,11,14,18H,3,9-10,12-13,15H2,1-2H3,(H,23,25). The van der Waals surface area contributed by atoms with Crippen LogP contribution >= 0.6 is 0 Å². The molecule has 0 spiro atoms. The summed E-state index contributed by atoms with van der Waals surface area (Å²) in [6, 6.07) is 12.3. The largest absolute Gasteiger partial charge is 0.325 e. The Morgan fingerprint density at radius 3 is 2.72 bits per heavy atom. The number of hydrogen-bond donors (Lipinski definition) is 1. The van der Waals surface area contributed by atoms with Crippen LogP contribution in [0.1, 0.15) is 42.5 Å². The van der Waals surface area contributed by atoms with Crippen molar-refractivity contribution in [1.29, 1.82) is 0 Å². The Hall–Kier alpha value is -2.20. The Bertz CT molecular complexity index is 706. The molecule has 2 aromatic rings. The van der Waals surface area contributed by atoms with E-state index in [1.165, 1.54) is 16.8 Å². The first-order valence-corrected chi connectivity index (χ1v) is 9.18. The third kappa shape index (κ3) is 4.67. The zero-order chi connectivity index (χ0) is 17.6. The molecule has 4 heteroatoms. The van der Waals surface area contributed by atoms with Gasteiger partial charge in [-0.3, -0.25) is 14.7 Å².